The fourth-order valence-corrected chi connectivity index (χ4v) is 4.86. The molecule has 1 aliphatic heterocycles. The third-order valence-corrected chi connectivity index (χ3v) is 6.57. The number of aromatic nitrogens is 2. The maximum atomic E-state index is 14.3. The van der Waals surface area contributed by atoms with E-state index < -0.39 is 10.0 Å². The molecule has 1 aliphatic rings. The maximum absolute atomic E-state index is 14.3. The van der Waals surface area contributed by atoms with Gasteiger partial charge < -0.3 is 4.90 Å². The number of rotatable bonds is 4. The lowest BCUT2D eigenvalue weighted by atomic mass is 10.2. The summed E-state index contributed by atoms with van der Waals surface area (Å²) in [7, 11) is -3.39. The predicted molar refractivity (Wildman–Crippen MR) is 102 cm³/mol. The lowest BCUT2D eigenvalue weighted by Crippen LogP contribution is -2.49. The van der Waals surface area contributed by atoms with E-state index in [4.69, 9.17) is 0 Å². The molecule has 0 unspecified atom stereocenters. The molecular formula is C19H19FN4O2S. The molecule has 0 bridgehead atoms. The summed E-state index contributed by atoms with van der Waals surface area (Å²) in [6.07, 6.45) is 1.41. The smallest absolute Gasteiger partial charge is 0.218 e. The van der Waals surface area contributed by atoms with Gasteiger partial charge in [0.25, 0.3) is 0 Å². The van der Waals surface area contributed by atoms with Crippen molar-refractivity contribution < 1.29 is 12.8 Å². The molecule has 2 heterocycles. The van der Waals surface area contributed by atoms with E-state index in [0.717, 1.165) is 5.56 Å². The van der Waals surface area contributed by atoms with Crippen LogP contribution in [-0.4, -0.2) is 48.9 Å². The quantitative estimate of drug-likeness (QED) is 0.689. The largest absolute Gasteiger partial charge is 0.353 e. The van der Waals surface area contributed by atoms with E-state index in [9.17, 15) is 12.8 Å². The average molecular weight is 386 g/mol. The third-order valence-electron chi connectivity index (χ3n) is 4.72. The van der Waals surface area contributed by atoms with Crippen LogP contribution < -0.4 is 4.90 Å². The number of halogens is 1. The topological polar surface area (TPSA) is 66.4 Å². The molecule has 0 N–H and O–H groups in total. The van der Waals surface area contributed by atoms with Gasteiger partial charge in [0.2, 0.25) is 10.0 Å². The first kappa shape index (κ1) is 17.8. The van der Waals surface area contributed by atoms with Crippen LogP contribution in [0.4, 0.5) is 10.2 Å². The standard InChI is InChI=1S/C19H19FN4O2S/c20-16-7-4-8-17-18(16)19(22-14-21-17)23-9-11-24(12-10-23)27(25,26)13-15-5-2-1-3-6-15/h1-8,14H,9-13H2. The first-order chi connectivity index (χ1) is 13.0. The Morgan fingerprint density at radius 1 is 0.926 bits per heavy atom. The number of hydrogen-bond acceptors (Lipinski definition) is 5. The van der Waals surface area contributed by atoms with Gasteiger partial charge >= 0.3 is 0 Å². The lowest BCUT2D eigenvalue weighted by Gasteiger charge is -2.35. The van der Waals surface area contributed by atoms with Crippen LogP contribution in [0.2, 0.25) is 0 Å². The Morgan fingerprint density at radius 3 is 2.41 bits per heavy atom. The van der Waals surface area contributed by atoms with Crippen LogP contribution >= 0.6 is 0 Å². The predicted octanol–water partition coefficient (Wildman–Crippen LogP) is 2.42. The van der Waals surface area contributed by atoms with Gasteiger partial charge in [-0.3, -0.25) is 0 Å². The number of benzene rings is 2. The van der Waals surface area contributed by atoms with Crippen LogP contribution in [0.1, 0.15) is 5.56 Å². The molecule has 4 rings (SSSR count). The minimum absolute atomic E-state index is 0.0150. The highest BCUT2D eigenvalue weighted by Crippen LogP contribution is 2.27. The summed E-state index contributed by atoms with van der Waals surface area (Å²) >= 11 is 0. The van der Waals surface area contributed by atoms with Gasteiger partial charge in [-0.25, -0.2) is 22.8 Å². The lowest BCUT2D eigenvalue weighted by molar-refractivity contribution is 0.383. The molecule has 0 atom stereocenters. The van der Waals surface area contributed by atoms with Crippen molar-refractivity contribution in [3.05, 3.63) is 66.2 Å². The fourth-order valence-electron chi connectivity index (χ4n) is 3.35. The van der Waals surface area contributed by atoms with E-state index in [-0.39, 0.29) is 11.6 Å². The first-order valence-electron chi connectivity index (χ1n) is 8.70. The van der Waals surface area contributed by atoms with Gasteiger partial charge in [-0.15, -0.1) is 0 Å². The highest BCUT2D eigenvalue weighted by atomic mass is 32.2. The SMILES string of the molecule is O=S(=O)(Cc1ccccc1)N1CCN(c2ncnc3cccc(F)c23)CC1. The molecule has 27 heavy (non-hydrogen) atoms. The molecule has 0 saturated carbocycles. The summed E-state index contributed by atoms with van der Waals surface area (Å²) in [6, 6.07) is 13.9. The third kappa shape index (κ3) is 3.63. The number of hydrogen-bond donors (Lipinski definition) is 0. The Bertz CT molecular complexity index is 1050. The van der Waals surface area contributed by atoms with Crippen molar-refractivity contribution in [2.24, 2.45) is 0 Å². The molecule has 3 aromatic rings. The second kappa shape index (κ2) is 7.21. The Labute approximate surface area is 157 Å². The minimum atomic E-state index is -3.39. The van der Waals surface area contributed by atoms with Crippen LogP contribution in [0, 0.1) is 5.82 Å². The van der Waals surface area contributed by atoms with Crippen LogP contribution in [0.25, 0.3) is 10.9 Å². The molecule has 0 spiro atoms. The fraction of sp³-hybridized carbons (Fsp3) is 0.263. The van der Waals surface area contributed by atoms with E-state index in [1.807, 2.05) is 35.2 Å². The van der Waals surface area contributed by atoms with Crippen LogP contribution in [0.3, 0.4) is 0 Å². The Balaban J connectivity index is 1.51. The van der Waals surface area contributed by atoms with Gasteiger partial charge in [-0.2, -0.15) is 4.31 Å². The van der Waals surface area contributed by atoms with Crippen molar-refractivity contribution in [2.75, 3.05) is 31.1 Å². The van der Waals surface area contributed by atoms with Crippen LogP contribution in [0.5, 0.6) is 0 Å². The Hall–Kier alpha value is -2.58. The molecule has 0 aliphatic carbocycles. The molecule has 6 nitrogen and oxygen atoms in total. The second-order valence-corrected chi connectivity index (χ2v) is 8.43. The van der Waals surface area contributed by atoms with Crippen molar-refractivity contribution >= 4 is 26.7 Å². The highest BCUT2D eigenvalue weighted by Gasteiger charge is 2.28. The van der Waals surface area contributed by atoms with E-state index in [1.54, 1.807) is 12.1 Å². The zero-order chi connectivity index (χ0) is 18.9. The molecule has 8 heteroatoms. The van der Waals surface area contributed by atoms with Gasteiger partial charge in [-0.05, 0) is 17.7 Å². The van der Waals surface area contributed by atoms with E-state index in [0.29, 0.717) is 42.9 Å². The number of piperazine rings is 1. The van der Waals surface area contributed by atoms with Gasteiger partial charge in [0.15, 0.2) is 0 Å². The summed E-state index contributed by atoms with van der Waals surface area (Å²) in [5.74, 6) is 0.124. The summed E-state index contributed by atoms with van der Waals surface area (Å²) in [5, 5.41) is 0.376. The molecule has 2 aromatic carbocycles. The van der Waals surface area contributed by atoms with E-state index >= 15 is 0 Å². The van der Waals surface area contributed by atoms with Crippen molar-refractivity contribution in [1.29, 1.82) is 0 Å². The molecule has 1 fully saturated rings. The highest BCUT2D eigenvalue weighted by molar-refractivity contribution is 7.88. The minimum Gasteiger partial charge on any atom is -0.353 e. The number of fused-ring (bicyclic) bond motifs is 1. The van der Waals surface area contributed by atoms with Crippen molar-refractivity contribution in [1.82, 2.24) is 14.3 Å². The Kier molecular flexibility index (Phi) is 4.75. The monoisotopic (exact) mass is 386 g/mol. The normalized spacial score (nSPS) is 16.0. The first-order valence-corrected chi connectivity index (χ1v) is 10.3. The van der Waals surface area contributed by atoms with Crippen molar-refractivity contribution in [3.8, 4) is 0 Å². The summed E-state index contributed by atoms with van der Waals surface area (Å²) in [4.78, 5) is 10.3. The second-order valence-electron chi connectivity index (χ2n) is 6.46. The number of anilines is 1. The van der Waals surface area contributed by atoms with Crippen molar-refractivity contribution in [3.63, 3.8) is 0 Å². The molecule has 0 amide bonds. The molecule has 140 valence electrons. The average Bonchev–Trinajstić information content (AvgIpc) is 2.68. The Morgan fingerprint density at radius 2 is 1.67 bits per heavy atom. The van der Waals surface area contributed by atoms with Gasteiger partial charge in [-0.1, -0.05) is 36.4 Å². The summed E-state index contributed by atoms with van der Waals surface area (Å²) < 4.78 is 41.2. The summed E-state index contributed by atoms with van der Waals surface area (Å²) in [6.45, 7) is 1.59. The van der Waals surface area contributed by atoms with E-state index in [1.165, 1.54) is 16.7 Å². The molecule has 1 aromatic heterocycles. The molecule has 1 saturated heterocycles. The number of sulfonamides is 1. The zero-order valence-corrected chi connectivity index (χ0v) is 15.4. The molecular weight excluding hydrogens is 367 g/mol. The van der Waals surface area contributed by atoms with Gasteiger partial charge in [0.05, 0.1) is 16.7 Å². The van der Waals surface area contributed by atoms with Crippen LogP contribution in [-0.2, 0) is 15.8 Å². The maximum Gasteiger partial charge on any atom is 0.218 e. The van der Waals surface area contributed by atoms with Crippen molar-refractivity contribution in [2.45, 2.75) is 5.75 Å². The van der Waals surface area contributed by atoms with Gasteiger partial charge in [0, 0.05) is 26.2 Å². The number of nitrogens with zero attached hydrogens (tertiary/aromatic N) is 4. The van der Waals surface area contributed by atoms with E-state index in [2.05, 4.69) is 9.97 Å². The summed E-state index contributed by atoms with van der Waals surface area (Å²) in [5.41, 5.74) is 1.31. The molecule has 0 radical (unpaired) electrons. The van der Waals surface area contributed by atoms with Crippen LogP contribution in [0.15, 0.2) is 54.9 Å². The zero-order valence-electron chi connectivity index (χ0n) is 14.6. The van der Waals surface area contributed by atoms with Gasteiger partial charge in [0.1, 0.15) is 18.0 Å².